The molecule has 0 aliphatic heterocycles. The lowest BCUT2D eigenvalue weighted by Crippen LogP contribution is -2.38. The minimum atomic E-state index is -0.969. The molecule has 30 heavy (non-hydrogen) atoms. The minimum Gasteiger partial charge on any atom is -0.493 e. The fraction of sp³-hybridized carbons (Fsp3) is 0.391. The van der Waals surface area contributed by atoms with Gasteiger partial charge >= 0.3 is 5.97 Å². The Bertz CT molecular complexity index is 852. The van der Waals surface area contributed by atoms with Crippen LogP contribution in [0.2, 0.25) is 0 Å². The standard InChI is InChI=1S/C23H29NO6/c1-6-16(17-10-8-7-9-11-17)14-24-22(25)15(2)30-23(26)18-12-13-19(27-3)21(29-5)20(18)28-4/h7-13,15-16H,6,14H2,1-5H3,(H,24,25)/t15-,16-/m1/s1. The molecule has 0 unspecified atom stereocenters. The number of hydrogen-bond acceptors (Lipinski definition) is 6. The predicted octanol–water partition coefficient (Wildman–Crippen LogP) is 3.57. The first-order valence-electron chi connectivity index (χ1n) is 9.79. The van der Waals surface area contributed by atoms with Crippen LogP contribution < -0.4 is 19.5 Å². The van der Waals surface area contributed by atoms with Crippen LogP contribution in [0, 0.1) is 0 Å². The van der Waals surface area contributed by atoms with Crippen molar-refractivity contribution in [1.82, 2.24) is 5.32 Å². The van der Waals surface area contributed by atoms with Gasteiger partial charge in [0.1, 0.15) is 5.56 Å². The average Bonchev–Trinajstić information content (AvgIpc) is 2.78. The van der Waals surface area contributed by atoms with Gasteiger partial charge in [-0.25, -0.2) is 4.79 Å². The van der Waals surface area contributed by atoms with E-state index in [-0.39, 0.29) is 28.9 Å². The summed E-state index contributed by atoms with van der Waals surface area (Å²) in [6, 6.07) is 13.1. The van der Waals surface area contributed by atoms with Gasteiger partial charge in [0, 0.05) is 12.5 Å². The van der Waals surface area contributed by atoms with Crippen molar-refractivity contribution in [1.29, 1.82) is 0 Å². The van der Waals surface area contributed by atoms with Crippen molar-refractivity contribution in [2.45, 2.75) is 32.3 Å². The molecule has 7 heteroatoms. The molecule has 1 amide bonds. The summed E-state index contributed by atoms with van der Waals surface area (Å²) in [5.41, 5.74) is 1.30. The number of esters is 1. The van der Waals surface area contributed by atoms with Crippen molar-refractivity contribution in [2.24, 2.45) is 0 Å². The van der Waals surface area contributed by atoms with Crippen molar-refractivity contribution in [3.8, 4) is 17.2 Å². The van der Waals surface area contributed by atoms with Gasteiger partial charge in [0.15, 0.2) is 17.6 Å². The highest BCUT2D eigenvalue weighted by Crippen LogP contribution is 2.40. The summed E-state index contributed by atoms with van der Waals surface area (Å²) >= 11 is 0. The Morgan fingerprint density at radius 2 is 1.60 bits per heavy atom. The van der Waals surface area contributed by atoms with Gasteiger partial charge < -0.3 is 24.3 Å². The first kappa shape index (κ1) is 23.1. The van der Waals surface area contributed by atoms with Gasteiger partial charge in [-0.15, -0.1) is 0 Å². The molecule has 162 valence electrons. The topological polar surface area (TPSA) is 83.1 Å². The van der Waals surface area contributed by atoms with Crippen molar-refractivity contribution in [3.05, 3.63) is 53.6 Å². The molecule has 0 saturated heterocycles. The van der Waals surface area contributed by atoms with E-state index in [4.69, 9.17) is 18.9 Å². The summed E-state index contributed by atoms with van der Waals surface area (Å²) < 4.78 is 21.2. The lowest BCUT2D eigenvalue weighted by atomic mass is 9.96. The quantitative estimate of drug-likeness (QED) is 0.598. The maximum Gasteiger partial charge on any atom is 0.342 e. The van der Waals surface area contributed by atoms with Crippen LogP contribution in [0.4, 0.5) is 0 Å². The molecule has 0 aliphatic rings. The summed E-state index contributed by atoms with van der Waals surface area (Å²) in [5.74, 6) is 0.0136. The summed E-state index contributed by atoms with van der Waals surface area (Å²) in [6.45, 7) is 4.06. The molecule has 2 rings (SSSR count). The van der Waals surface area contributed by atoms with Gasteiger partial charge in [0.25, 0.3) is 5.91 Å². The number of carbonyl (C=O) groups excluding carboxylic acids is 2. The summed E-state index contributed by atoms with van der Waals surface area (Å²) in [6.07, 6.45) is -0.0926. The molecule has 0 aliphatic carbocycles. The van der Waals surface area contributed by atoms with Crippen LogP contribution in [-0.4, -0.2) is 45.9 Å². The number of amides is 1. The lowest BCUT2D eigenvalue weighted by Gasteiger charge is -2.19. The summed E-state index contributed by atoms with van der Waals surface area (Å²) in [5, 5.41) is 2.87. The molecule has 0 aromatic heterocycles. The van der Waals surface area contributed by atoms with E-state index in [0.29, 0.717) is 12.3 Å². The molecular weight excluding hydrogens is 386 g/mol. The van der Waals surface area contributed by atoms with Crippen LogP contribution in [0.25, 0.3) is 0 Å². The van der Waals surface area contributed by atoms with Gasteiger partial charge in [-0.3, -0.25) is 4.79 Å². The number of carbonyl (C=O) groups is 2. The average molecular weight is 415 g/mol. The van der Waals surface area contributed by atoms with E-state index < -0.39 is 12.1 Å². The van der Waals surface area contributed by atoms with E-state index in [1.807, 2.05) is 30.3 Å². The van der Waals surface area contributed by atoms with Crippen molar-refractivity contribution >= 4 is 11.9 Å². The zero-order valence-corrected chi connectivity index (χ0v) is 18.1. The molecule has 7 nitrogen and oxygen atoms in total. The van der Waals surface area contributed by atoms with Crippen molar-refractivity contribution < 1.29 is 28.5 Å². The van der Waals surface area contributed by atoms with Crippen LogP contribution in [0.1, 0.15) is 42.1 Å². The van der Waals surface area contributed by atoms with Gasteiger partial charge in [-0.05, 0) is 31.0 Å². The van der Waals surface area contributed by atoms with Crippen molar-refractivity contribution in [3.63, 3.8) is 0 Å². The second-order valence-corrected chi connectivity index (χ2v) is 6.69. The van der Waals surface area contributed by atoms with Crippen LogP contribution in [0.3, 0.4) is 0 Å². The summed E-state index contributed by atoms with van der Waals surface area (Å²) in [7, 11) is 4.35. The van der Waals surface area contributed by atoms with E-state index in [1.165, 1.54) is 34.3 Å². The lowest BCUT2D eigenvalue weighted by molar-refractivity contribution is -0.129. The van der Waals surface area contributed by atoms with Crippen LogP contribution >= 0.6 is 0 Å². The molecule has 0 radical (unpaired) electrons. The Balaban J connectivity index is 2.04. The highest BCUT2D eigenvalue weighted by Gasteiger charge is 2.25. The monoisotopic (exact) mass is 415 g/mol. The largest absolute Gasteiger partial charge is 0.493 e. The van der Waals surface area contributed by atoms with Gasteiger partial charge in [-0.2, -0.15) is 0 Å². The SMILES string of the molecule is CC[C@H](CNC(=O)[C@@H](C)OC(=O)c1ccc(OC)c(OC)c1OC)c1ccccc1. The maximum atomic E-state index is 12.6. The molecule has 0 spiro atoms. The van der Waals surface area contributed by atoms with E-state index >= 15 is 0 Å². The van der Waals surface area contributed by atoms with Crippen molar-refractivity contribution in [2.75, 3.05) is 27.9 Å². The normalized spacial score (nSPS) is 12.4. The third-order valence-electron chi connectivity index (χ3n) is 4.86. The second-order valence-electron chi connectivity index (χ2n) is 6.69. The Morgan fingerprint density at radius 3 is 2.17 bits per heavy atom. The molecular formula is C23H29NO6. The number of methoxy groups -OCH3 is 3. The molecule has 0 saturated carbocycles. The molecule has 0 heterocycles. The third kappa shape index (κ3) is 5.43. The minimum absolute atomic E-state index is 0.144. The van der Waals surface area contributed by atoms with Crippen LogP contribution in [-0.2, 0) is 9.53 Å². The Kier molecular flexibility index (Phi) is 8.53. The molecule has 0 fully saturated rings. The number of hydrogen-bond donors (Lipinski definition) is 1. The Labute approximate surface area is 177 Å². The summed E-state index contributed by atoms with van der Waals surface area (Å²) in [4.78, 5) is 25.1. The van der Waals surface area contributed by atoms with Gasteiger partial charge in [-0.1, -0.05) is 37.3 Å². The number of nitrogens with one attached hydrogen (secondary N) is 1. The van der Waals surface area contributed by atoms with Gasteiger partial charge in [0.2, 0.25) is 5.75 Å². The van der Waals surface area contributed by atoms with Crippen LogP contribution in [0.15, 0.2) is 42.5 Å². The first-order chi connectivity index (χ1) is 14.5. The van der Waals surface area contributed by atoms with Crippen LogP contribution in [0.5, 0.6) is 17.2 Å². The number of rotatable bonds is 10. The smallest absolute Gasteiger partial charge is 0.342 e. The number of benzene rings is 2. The first-order valence-corrected chi connectivity index (χ1v) is 9.79. The highest BCUT2D eigenvalue weighted by molar-refractivity contribution is 5.96. The Morgan fingerprint density at radius 1 is 0.933 bits per heavy atom. The Hall–Kier alpha value is -3.22. The molecule has 2 aromatic rings. The second kappa shape index (κ2) is 11.1. The van der Waals surface area contributed by atoms with Gasteiger partial charge in [0.05, 0.1) is 21.3 Å². The zero-order chi connectivity index (χ0) is 22.1. The fourth-order valence-electron chi connectivity index (χ4n) is 3.13. The molecule has 1 N–H and O–H groups in total. The third-order valence-corrected chi connectivity index (χ3v) is 4.86. The maximum absolute atomic E-state index is 12.6. The molecule has 2 atom stereocenters. The van der Waals surface area contributed by atoms with E-state index in [9.17, 15) is 9.59 Å². The predicted molar refractivity (Wildman–Crippen MR) is 113 cm³/mol. The number of ether oxygens (including phenoxy) is 4. The fourth-order valence-corrected chi connectivity index (χ4v) is 3.13. The molecule has 0 bridgehead atoms. The zero-order valence-electron chi connectivity index (χ0n) is 18.1. The van der Waals surface area contributed by atoms with E-state index in [1.54, 1.807) is 6.07 Å². The van der Waals surface area contributed by atoms with E-state index in [2.05, 4.69) is 12.2 Å². The molecule has 2 aromatic carbocycles. The van der Waals surface area contributed by atoms with E-state index in [0.717, 1.165) is 12.0 Å². The highest BCUT2D eigenvalue weighted by atomic mass is 16.6.